The van der Waals surface area contributed by atoms with Gasteiger partial charge >= 0.3 is 0 Å². The maximum Gasteiger partial charge on any atom is 0.242 e. The van der Waals surface area contributed by atoms with E-state index in [9.17, 15) is 4.79 Å². The Labute approximate surface area is 137 Å². The average Bonchev–Trinajstić information content (AvgIpc) is 3.25. The summed E-state index contributed by atoms with van der Waals surface area (Å²) in [4.78, 5) is 20.9. The lowest BCUT2D eigenvalue weighted by Crippen LogP contribution is -2.49. The summed E-state index contributed by atoms with van der Waals surface area (Å²) in [5.41, 5.74) is 1.91. The second-order valence-corrected chi connectivity index (χ2v) is 6.05. The normalized spacial score (nSPS) is 15.3. The second kappa shape index (κ2) is 5.96. The Morgan fingerprint density at radius 3 is 2.78 bits per heavy atom. The lowest BCUT2D eigenvalue weighted by Gasteiger charge is -2.34. The SMILES string of the molecule is O=C(Cn1cnc2ccccc21)N1CCN(c2cnsn2)CC1. The van der Waals surface area contributed by atoms with Crippen molar-refractivity contribution in [3.63, 3.8) is 0 Å². The van der Waals surface area contributed by atoms with Crippen molar-refractivity contribution in [3.8, 4) is 0 Å². The molecule has 3 heterocycles. The molecule has 0 aliphatic carbocycles. The number of imidazole rings is 1. The molecule has 0 unspecified atom stereocenters. The summed E-state index contributed by atoms with van der Waals surface area (Å²) < 4.78 is 10.2. The van der Waals surface area contributed by atoms with Crippen LogP contribution in [0.5, 0.6) is 0 Å². The van der Waals surface area contributed by atoms with Gasteiger partial charge in [-0.05, 0) is 12.1 Å². The number of rotatable bonds is 3. The fourth-order valence-corrected chi connectivity index (χ4v) is 3.30. The van der Waals surface area contributed by atoms with Gasteiger partial charge in [0, 0.05) is 26.2 Å². The predicted octanol–water partition coefficient (Wildman–Crippen LogP) is 1.24. The first-order chi connectivity index (χ1) is 11.3. The molecule has 1 aliphatic heterocycles. The van der Waals surface area contributed by atoms with E-state index in [0.29, 0.717) is 19.6 Å². The standard InChI is InChI=1S/C15H16N6OS/c22-15(10-21-11-16-12-3-1-2-4-13(12)21)20-7-5-19(6-8-20)14-9-17-23-18-14/h1-4,9,11H,5-8,10H2. The molecule has 0 N–H and O–H groups in total. The maximum atomic E-state index is 12.5. The van der Waals surface area contributed by atoms with Crippen molar-refractivity contribution in [2.75, 3.05) is 31.1 Å². The molecule has 8 heteroatoms. The Bertz CT molecular complexity index is 806. The fraction of sp³-hybridized carbons (Fsp3) is 0.333. The highest BCUT2D eigenvalue weighted by Crippen LogP contribution is 2.15. The number of hydrogen-bond acceptors (Lipinski definition) is 6. The molecule has 1 fully saturated rings. The van der Waals surface area contributed by atoms with Crippen LogP contribution in [0.2, 0.25) is 0 Å². The van der Waals surface area contributed by atoms with Crippen molar-refractivity contribution < 1.29 is 4.79 Å². The number of aromatic nitrogens is 4. The molecule has 1 saturated heterocycles. The number of anilines is 1. The van der Waals surface area contributed by atoms with Gasteiger partial charge in [-0.1, -0.05) is 12.1 Å². The Kier molecular flexibility index (Phi) is 3.66. The van der Waals surface area contributed by atoms with Crippen molar-refractivity contribution >= 4 is 34.5 Å². The van der Waals surface area contributed by atoms with Crippen LogP contribution in [0.25, 0.3) is 11.0 Å². The molecule has 7 nitrogen and oxygen atoms in total. The molecule has 23 heavy (non-hydrogen) atoms. The van der Waals surface area contributed by atoms with E-state index >= 15 is 0 Å². The Hall–Kier alpha value is -2.48. The maximum absolute atomic E-state index is 12.5. The molecule has 0 bridgehead atoms. The predicted molar refractivity (Wildman–Crippen MR) is 88.4 cm³/mol. The van der Waals surface area contributed by atoms with E-state index < -0.39 is 0 Å². The molecule has 3 aromatic rings. The van der Waals surface area contributed by atoms with E-state index in [1.54, 1.807) is 12.5 Å². The van der Waals surface area contributed by atoms with Gasteiger partial charge in [0.15, 0.2) is 5.82 Å². The number of nitrogens with zero attached hydrogens (tertiary/aromatic N) is 6. The molecule has 1 aromatic carbocycles. The van der Waals surface area contributed by atoms with Gasteiger partial charge in [-0.15, -0.1) is 0 Å². The first kappa shape index (κ1) is 14.1. The summed E-state index contributed by atoms with van der Waals surface area (Å²) in [6, 6.07) is 7.86. The molecule has 118 valence electrons. The monoisotopic (exact) mass is 328 g/mol. The van der Waals surface area contributed by atoms with Gasteiger partial charge in [-0.3, -0.25) is 4.79 Å². The van der Waals surface area contributed by atoms with Crippen molar-refractivity contribution in [1.82, 2.24) is 23.2 Å². The largest absolute Gasteiger partial charge is 0.351 e. The quantitative estimate of drug-likeness (QED) is 0.723. The third-order valence-corrected chi connectivity index (χ3v) is 4.61. The van der Waals surface area contributed by atoms with Crippen LogP contribution < -0.4 is 4.90 Å². The number of hydrogen-bond donors (Lipinski definition) is 0. The van der Waals surface area contributed by atoms with Crippen molar-refractivity contribution in [2.45, 2.75) is 6.54 Å². The van der Waals surface area contributed by atoms with Crippen LogP contribution in [0.3, 0.4) is 0 Å². The molecule has 2 aromatic heterocycles. The molecule has 0 saturated carbocycles. The molecule has 0 radical (unpaired) electrons. The number of fused-ring (bicyclic) bond motifs is 1. The molecule has 4 rings (SSSR count). The zero-order chi connectivity index (χ0) is 15.6. The van der Waals surface area contributed by atoms with E-state index in [1.807, 2.05) is 33.7 Å². The summed E-state index contributed by atoms with van der Waals surface area (Å²) in [6.07, 6.45) is 3.51. The highest BCUT2D eigenvalue weighted by molar-refractivity contribution is 6.99. The molecule has 1 amide bonds. The number of para-hydroxylation sites is 2. The summed E-state index contributed by atoms with van der Waals surface area (Å²) in [5.74, 6) is 1.03. The number of piperazine rings is 1. The summed E-state index contributed by atoms with van der Waals surface area (Å²) in [7, 11) is 0. The number of carbonyl (C=O) groups excluding carboxylic acids is 1. The van der Waals surface area contributed by atoms with Crippen LogP contribution in [0, 0.1) is 0 Å². The van der Waals surface area contributed by atoms with Gasteiger partial charge in [0.2, 0.25) is 5.91 Å². The zero-order valence-corrected chi connectivity index (χ0v) is 13.3. The van der Waals surface area contributed by atoms with Crippen LogP contribution in [0.4, 0.5) is 5.82 Å². The van der Waals surface area contributed by atoms with E-state index in [0.717, 1.165) is 29.9 Å². The lowest BCUT2D eigenvalue weighted by atomic mass is 10.3. The third-order valence-electron chi connectivity index (χ3n) is 4.14. The highest BCUT2D eigenvalue weighted by Gasteiger charge is 2.22. The van der Waals surface area contributed by atoms with E-state index in [2.05, 4.69) is 18.6 Å². The zero-order valence-electron chi connectivity index (χ0n) is 12.5. The van der Waals surface area contributed by atoms with Crippen LogP contribution in [0.1, 0.15) is 0 Å². The third kappa shape index (κ3) is 2.77. The number of benzene rings is 1. The smallest absolute Gasteiger partial charge is 0.242 e. The van der Waals surface area contributed by atoms with Gasteiger partial charge in [0.1, 0.15) is 6.54 Å². The van der Waals surface area contributed by atoms with Crippen molar-refractivity contribution in [2.24, 2.45) is 0 Å². The fourth-order valence-electron chi connectivity index (χ4n) is 2.87. The van der Waals surface area contributed by atoms with E-state index in [4.69, 9.17) is 0 Å². The summed E-state index contributed by atoms with van der Waals surface area (Å²) in [6.45, 7) is 3.34. The first-order valence-corrected chi connectivity index (χ1v) is 8.24. The van der Waals surface area contributed by atoms with Gasteiger partial charge < -0.3 is 14.4 Å². The Morgan fingerprint density at radius 2 is 2.00 bits per heavy atom. The number of amides is 1. The highest BCUT2D eigenvalue weighted by atomic mass is 32.1. The van der Waals surface area contributed by atoms with Crippen LogP contribution in [-0.2, 0) is 11.3 Å². The first-order valence-electron chi connectivity index (χ1n) is 7.51. The molecular weight excluding hydrogens is 312 g/mol. The van der Waals surface area contributed by atoms with Gasteiger partial charge in [0.25, 0.3) is 0 Å². The van der Waals surface area contributed by atoms with Crippen molar-refractivity contribution in [1.29, 1.82) is 0 Å². The minimum absolute atomic E-state index is 0.129. The molecule has 0 atom stereocenters. The topological polar surface area (TPSA) is 67.2 Å². The summed E-state index contributed by atoms with van der Waals surface area (Å²) >= 11 is 1.21. The molecule has 0 spiro atoms. The average molecular weight is 328 g/mol. The van der Waals surface area contributed by atoms with E-state index in [-0.39, 0.29) is 5.91 Å². The van der Waals surface area contributed by atoms with Crippen molar-refractivity contribution in [3.05, 3.63) is 36.8 Å². The number of carbonyl (C=O) groups is 1. The Morgan fingerprint density at radius 1 is 1.17 bits per heavy atom. The molecule has 1 aliphatic rings. The van der Waals surface area contributed by atoms with Crippen LogP contribution in [0.15, 0.2) is 36.8 Å². The summed E-state index contributed by atoms with van der Waals surface area (Å²) in [5, 5.41) is 0. The molecular formula is C15H16N6OS. The second-order valence-electron chi connectivity index (χ2n) is 5.49. The van der Waals surface area contributed by atoms with Crippen LogP contribution >= 0.6 is 11.7 Å². The lowest BCUT2D eigenvalue weighted by molar-refractivity contribution is -0.132. The minimum Gasteiger partial charge on any atom is -0.351 e. The van der Waals surface area contributed by atoms with E-state index in [1.165, 1.54) is 11.7 Å². The van der Waals surface area contributed by atoms with Crippen LogP contribution in [-0.4, -0.2) is 55.3 Å². The van der Waals surface area contributed by atoms with Gasteiger partial charge in [-0.2, -0.15) is 8.75 Å². The minimum atomic E-state index is 0.129. The Balaban J connectivity index is 1.40. The van der Waals surface area contributed by atoms with Gasteiger partial charge in [0.05, 0.1) is 35.3 Å². The van der Waals surface area contributed by atoms with Gasteiger partial charge in [-0.25, -0.2) is 4.98 Å².